The van der Waals surface area contributed by atoms with Crippen LogP contribution in [-0.4, -0.2) is 5.91 Å². The van der Waals surface area contributed by atoms with E-state index in [4.69, 9.17) is 5.73 Å². The minimum absolute atomic E-state index is 0.220. The highest BCUT2D eigenvalue weighted by Crippen LogP contribution is 2.18. The molecule has 1 aromatic rings. The highest BCUT2D eigenvalue weighted by molar-refractivity contribution is 5.74. The number of rotatable bonds is 3. The molecule has 0 aromatic heterocycles. The molecule has 2 nitrogen and oxygen atoms in total. The summed E-state index contributed by atoms with van der Waals surface area (Å²) in [6.45, 7) is 4.05. The topological polar surface area (TPSA) is 43.1 Å². The van der Waals surface area contributed by atoms with Crippen molar-refractivity contribution in [3.05, 3.63) is 35.4 Å². The van der Waals surface area contributed by atoms with E-state index in [1.54, 1.807) is 0 Å². The van der Waals surface area contributed by atoms with Crippen molar-refractivity contribution in [3.63, 3.8) is 0 Å². The van der Waals surface area contributed by atoms with E-state index in [-0.39, 0.29) is 11.8 Å². The van der Waals surface area contributed by atoms with Crippen LogP contribution >= 0.6 is 0 Å². The van der Waals surface area contributed by atoms with E-state index in [9.17, 15) is 4.79 Å². The van der Waals surface area contributed by atoms with Gasteiger partial charge in [0, 0.05) is 6.42 Å². The predicted octanol–water partition coefficient (Wildman–Crippen LogP) is 1.97. The zero-order valence-electron chi connectivity index (χ0n) is 8.08. The van der Waals surface area contributed by atoms with Crippen molar-refractivity contribution in [1.82, 2.24) is 0 Å². The molecule has 0 saturated heterocycles. The van der Waals surface area contributed by atoms with Gasteiger partial charge in [0.15, 0.2) is 0 Å². The molecule has 1 rings (SSSR count). The van der Waals surface area contributed by atoms with E-state index < -0.39 is 0 Å². The number of benzene rings is 1. The molecular formula is C11H15NO. The minimum Gasteiger partial charge on any atom is -0.370 e. The third kappa shape index (κ3) is 2.90. The van der Waals surface area contributed by atoms with E-state index in [2.05, 4.69) is 0 Å². The van der Waals surface area contributed by atoms with Gasteiger partial charge < -0.3 is 5.73 Å². The molecule has 0 radical (unpaired) electrons. The first-order valence-electron chi connectivity index (χ1n) is 4.44. The van der Waals surface area contributed by atoms with Gasteiger partial charge in [-0.05, 0) is 18.4 Å². The van der Waals surface area contributed by atoms with Gasteiger partial charge in [-0.25, -0.2) is 0 Å². The van der Waals surface area contributed by atoms with Gasteiger partial charge in [-0.1, -0.05) is 36.8 Å². The smallest absolute Gasteiger partial charge is 0.218 e. The van der Waals surface area contributed by atoms with Crippen LogP contribution in [0, 0.1) is 6.92 Å². The molecule has 2 heteroatoms. The molecule has 0 saturated carbocycles. The Bertz CT molecular complexity index is 289. The number of amides is 1. The average molecular weight is 177 g/mol. The first kappa shape index (κ1) is 9.78. The van der Waals surface area contributed by atoms with Crippen molar-refractivity contribution in [1.29, 1.82) is 0 Å². The number of hydrogen-bond donors (Lipinski definition) is 1. The molecule has 0 fully saturated rings. The van der Waals surface area contributed by atoms with Crippen LogP contribution in [0.3, 0.4) is 0 Å². The van der Waals surface area contributed by atoms with Crippen LogP contribution in [0.5, 0.6) is 0 Å². The monoisotopic (exact) mass is 177 g/mol. The molecule has 1 atom stereocenters. The molecular weight excluding hydrogens is 162 g/mol. The maximum atomic E-state index is 10.7. The molecule has 0 aliphatic rings. The molecule has 1 unspecified atom stereocenters. The lowest BCUT2D eigenvalue weighted by atomic mass is 9.97. The van der Waals surface area contributed by atoms with Crippen molar-refractivity contribution < 1.29 is 4.79 Å². The lowest BCUT2D eigenvalue weighted by Gasteiger charge is -2.09. The lowest BCUT2D eigenvalue weighted by molar-refractivity contribution is -0.118. The largest absolute Gasteiger partial charge is 0.370 e. The molecule has 70 valence electrons. The highest BCUT2D eigenvalue weighted by atomic mass is 16.1. The van der Waals surface area contributed by atoms with Crippen LogP contribution in [0.2, 0.25) is 0 Å². The zero-order chi connectivity index (χ0) is 9.84. The van der Waals surface area contributed by atoms with Crippen LogP contribution in [0.15, 0.2) is 24.3 Å². The molecule has 1 amide bonds. The lowest BCUT2D eigenvalue weighted by Crippen LogP contribution is -2.13. The summed E-state index contributed by atoms with van der Waals surface area (Å²) in [5.41, 5.74) is 7.52. The first-order valence-corrected chi connectivity index (χ1v) is 4.44. The Morgan fingerprint density at radius 3 is 2.38 bits per heavy atom. The minimum atomic E-state index is -0.243. The van der Waals surface area contributed by atoms with E-state index in [0.29, 0.717) is 6.42 Å². The molecule has 0 aliphatic carbocycles. The quantitative estimate of drug-likeness (QED) is 0.753. The van der Waals surface area contributed by atoms with Crippen LogP contribution in [-0.2, 0) is 4.79 Å². The van der Waals surface area contributed by atoms with Crippen LogP contribution < -0.4 is 5.73 Å². The third-order valence-corrected chi connectivity index (χ3v) is 2.15. The Labute approximate surface area is 78.8 Å². The van der Waals surface area contributed by atoms with Crippen LogP contribution in [0.25, 0.3) is 0 Å². The average Bonchev–Trinajstić information content (AvgIpc) is 2.04. The fourth-order valence-electron chi connectivity index (χ4n) is 1.31. The maximum Gasteiger partial charge on any atom is 0.218 e. The van der Waals surface area contributed by atoms with Crippen molar-refractivity contribution in [2.75, 3.05) is 0 Å². The Morgan fingerprint density at radius 2 is 1.92 bits per heavy atom. The second-order valence-corrected chi connectivity index (χ2v) is 3.48. The molecule has 13 heavy (non-hydrogen) atoms. The highest BCUT2D eigenvalue weighted by Gasteiger charge is 2.07. The van der Waals surface area contributed by atoms with Crippen LogP contribution in [0.1, 0.15) is 30.4 Å². The Balaban J connectivity index is 2.71. The van der Waals surface area contributed by atoms with Gasteiger partial charge in [0.05, 0.1) is 0 Å². The summed E-state index contributed by atoms with van der Waals surface area (Å²) in [4.78, 5) is 10.7. The summed E-state index contributed by atoms with van der Waals surface area (Å²) in [5.74, 6) is -0.0221. The Kier molecular flexibility index (Phi) is 3.07. The summed E-state index contributed by atoms with van der Waals surface area (Å²) in [5, 5.41) is 0. The fourth-order valence-corrected chi connectivity index (χ4v) is 1.31. The van der Waals surface area contributed by atoms with Gasteiger partial charge in [0.1, 0.15) is 0 Å². The third-order valence-electron chi connectivity index (χ3n) is 2.15. The summed E-state index contributed by atoms with van der Waals surface area (Å²) in [7, 11) is 0. The second-order valence-electron chi connectivity index (χ2n) is 3.48. The second kappa shape index (κ2) is 4.08. The molecule has 0 spiro atoms. The Hall–Kier alpha value is -1.31. The predicted molar refractivity (Wildman–Crippen MR) is 53.4 cm³/mol. The van der Waals surface area contributed by atoms with Crippen LogP contribution in [0.4, 0.5) is 0 Å². The molecule has 0 aliphatic heterocycles. The normalized spacial score (nSPS) is 12.5. The SMILES string of the molecule is Cc1ccc(C(C)CC(N)=O)cc1. The summed E-state index contributed by atoms with van der Waals surface area (Å²) in [6, 6.07) is 8.19. The van der Waals surface area contributed by atoms with Crippen molar-refractivity contribution in [2.45, 2.75) is 26.2 Å². The van der Waals surface area contributed by atoms with E-state index in [1.165, 1.54) is 11.1 Å². The van der Waals surface area contributed by atoms with E-state index >= 15 is 0 Å². The van der Waals surface area contributed by atoms with Gasteiger partial charge >= 0.3 is 0 Å². The number of aryl methyl sites for hydroxylation is 1. The number of carbonyl (C=O) groups excluding carboxylic acids is 1. The number of hydrogen-bond acceptors (Lipinski definition) is 1. The van der Waals surface area contributed by atoms with Gasteiger partial charge in [-0.3, -0.25) is 4.79 Å². The van der Waals surface area contributed by atoms with E-state index in [0.717, 1.165) is 0 Å². The number of carbonyl (C=O) groups is 1. The van der Waals surface area contributed by atoms with Gasteiger partial charge in [0.25, 0.3) is 0 Å². The van der Waals surface area contributed by atoms with Crippen molar-refractivity contribution >= 4 is 5.91 Å². The fraction of sp³-hybridized carbons (Fsp3) is 0.364. The standard InChI is InChI=1S/C11H15NO/c1-8-3-5-10(6-4-8)9(2)7-11(12)13/h3-6,9H,7H2,1-2H3,(H2,12,13). The molecule has 1 aromatic carbocycles. The number of nitrogens with two attached hydrogens (primary N) is 1. The Morgan fingerprint density at radius 1 is 1.38 bits per heavy atom. The summed E-state index contributed by atoms with van der Waals surface area (Å²) >= 11 is 0. The van der Waals surface area contributed by atoms with Crippen molar-refractivity contribution in [2.24, 2.45) is 5.73 Å². The molecule has 0 heterocycles. The molecule has 2 N–H and O–H groups in total. The van der Waals surface area contributed by atoms with Crippen molar-refractivity contribution in [3.8, 4) is 0 Å². The summed E-state index contributed by atoms with van der Waals surface area (Å²) < 4.78 is 0. The van der Waals surface area contributed by atoms with Gasteiger partial charge in [-0.2, -0.15) is 0 Å². The maximum absolute atomic E-state index is 10.7. The first-order chi connectivity index (χ1) is 6.09. The zero-order valence-corrected chi connectivity index (χ0v) is 8.08. The number of primary amides is 1. The molecule has 0 bridgehead atoms. The van der Waals surface area contributed by atoms with Gasteiger partial charge in [-0.15, -0.1) is 0 Å². The van der Waals surface area contributed by atoms with E-state index in [1.807, 2.05) is 38.1 Å². The van der Waals surface area contributed by atoms with Gasteiger partial charge in [0.2, 0.25) is 5.91 Å². The summed E-state index contributed by atoms with van der Waals surface area (Å²) in [6.07, 6.45) is 0.420.